The van der Waals surface area contributed by atoms with Crippen molar-refractivity contribution in [2.75, 3.05) is 26.7 Å². The van der Waals surface area contributed by atoms with E-state index in [0.29, 0.717) is 13.0 Å². The highest BCUT2D eigenvalue weighted by Crippen LogP contribution is 2.08. The molecule has 5 heteroatoms. The average molecular weight is 213 g/mol. The van der Waals surface area contributed by atoms with Gasteiger partial charge >= 0.3 is 6.03 Å². The number of urea groups is 1. The summed E-state index contributed by atoms with van der Waals surface area (Å²) in [6, 6.07) is -0.0430. The van der Waals surface area contributed by atoms with Crippen LogP contribution in [0.5, 0.6) is 0 Å². The van der Waals surface area contributed by atoms with Crippen LogP contribution in [0.25, 0.3) is 0 Å². The van der Waals surface area contributed by atoms with Crippen LogP contribution in [0, 0.1) is 0 Å². The molecule has 1 saturated heterocycles. The molecular formula is C10H19N3O2. The van der Waals surface area contributed by atoms with Crippen molar-refractivity contribution >= 4 is 11.9 Å². The minimum Gasteiger partial charge on any atom is -0.359 e. The number of piperidine rings is 1. The number of nitrogens with one attached hydrogen (secondary N) is 2. The molecule has 1 aliphatic heterocycles. The van der Waals surface area contributed by atoms with E-state index in [0.717, 1.165) is 25.9 Å². The number of likely N-dealkylation sites (tertiary alicyclic amines) is 1. The van der Waals surface area contributed by atoms with Crippen LogP contribution in [0.1, 0.15) is 25.7 Å². The Hall–Kier alpha value is -1.26. The fraction of sp³-hybridized carbons (Fsp3) is 0.800. The molecule has 0 aliphatic carbocycles. The zero-order chi connectivity index (χ0) is 11.1. The predicted molar refractivity (Wildman–Crippen MR) is 57.5 cm³/mol. The minimum absolute atomic E-state index is 0.0430. The van der Waals surface area contributed by atoms with E-state index in [-0.39, 0.29) is 11.9 Å². The van der Waals surface area contributed by atoms with Crippen molar-refractivity contribution in [3.63, 3.8) is 0 Å². The highest BCUT2D eigenvalue weighted by atomic mass is 16.2. The summed E-state index contributed by atoms with van der Waals surface area (Å²) in [6.07, 6.45) is 3.73. The largest absolute Gasteiger partial charge is 0.359 e. The van der Waals surface area contributed by atoms with E-state index < -0.39 is 0 Å². The third kappa shape index (κ3) is 4.18. The zero-order valence-electron chi connectivity index (χ0n) is 9.21. The predicted octanol–water partition coefficient (Wildman–Crippen LogP) is 0.318. The summed E-state index contributed by atoms with van der Waals surface area (Å²) in [5.74, 6) is -0.0473. The summed E-state index contributed by atoms with van der Waals surface area (Å²) in [5.41, 5.74) is 0. The van der Waals surface area contributed by atoms with Crippen LogP contribution >= 0.6 is 0 Å². The van der Waals surface area contributed by atoms with E-state index in [4.69, 9.17) is 0 Å². The van der Waals surface area contributed by atoms with Crippen LogP contribution in [-0.2, 0) is 4.79 Å². The molecule has 0 aromatic rings. The van der Waals surface area contributed by atoms with Gasteiger partial charge in [-0.25, -0.2) is 4.79 Å². The van der Waals surface area contributed by atoms with Crippen molar-refractivity contribution in [2.24, 2.45) is 0 Å². The lowest BCUT2D eigenvalue weighted by Crippen LogP contribution is -2.43. The van der Waals surface area contributed by atoms with Crippen molar-refractivity contribution in [1.82, 2.24) is 15.5 Å². The van der Waals surface area contributed by atoms with Gasteiger partial charge in [-0.15, -0.1) is 0 Å². The van der Waals surface area contributed by atoms with Gasteiger partial charge in [-0.1, -0.05) is 0 Å². The molecule has 0 aromatic heterocycles. The van der Waals surface area contributed by atoms with Crippen LogP contribution in [0.3, 0.4) is 0 Å². The molecule has 15 heavy (non-hydrogen) atoms. The number of hydrogen-bond donors (Lipinski definition) is 2. The summed E-state index contributed by atoms with van der Waals surface area (Å²) in [4.78, 5) is 24.3. The summed E-state index contributed by atoms with van der Waals surface area (Å²) >= 11 is 0. The molecule has 0 saturated carbocycles. The van der Waals surface area contributed by atoms with Gasteiger partial charge < -0.3 is 15.5 Å². The second-order valence-electron chi connectivity index (χ2n) is 3.70. The molecule has 3 amide bonds. The normalized spacial score (nSPS) is 15.9. The lowest BCUT2D eigenvalue weighted by Gasteiger charge is -2.26. The minimum atomic E-state index is -0.0473. The molecule has 5 nitrogen and oxygen atoms in total. The topological polar surface area (TPSA) is 61.4 Å². The molecule has 0 unspecified atom stereocenters. The molecule has 2 N–H and O–H groups in total. The van der Waals surface area contributed by atoms with Crippen molar-refractivity contribution < 1.29 is 9.59 Å². The standard InChI is InChI=1S/C10H19N3O2/c1-11-9(14)5-6-12-10(15)13-7-3-2-4-8-13/h2-8H2,1H3,(H,11,14)(H,12,15). The van der Waals surface area contributed by atoms with Gasteiger partial charge in [0.05, 0.1) is 0 Å². The summed E-state index contributed by atoms with van der Waals surface area (Å²) < 4.78 is 0. The number of carbonyl (C=O) groups is 2. The van der Waals surface area contributed by atoms with E-state index in [2.05, 4.69) is 10.6 Å². The van der Waals surface area contributed by atoms with E-state index in [1.165, 1.54) is 6.42 Å². The Balaban J connectivity index is 2.14. The molecule has 0 aromatic carbocycles. The van der Waals surface area contributed by atoms with Gasteiger partial charge in [0.1, 0.15) is 0 Å². The van der Waals surface area contributed by atoms with E-state index in [1.54, 1.807) is 7.05 Å². The second-order valence-corrected chi connectivity index (χ2v) is 3.70. The van der Waals surface area contributed by atoms with Crippen molar-refractivity contribution in [3.8, 4) is 0 Å². The van der Waals surface area contributed by atoms with E-state index in [9.17, 15) is 9.59 Å². The fourth-order valence-electron chi connectivity index (χ4n) is 1.62. The Kier molecular flexibility index (Phi) is 4.93. The average Bonchev–Trinajstić information content (AvgIpc) is 2.29. The number of nitrogens with zero attached hydrogens (tertiary/aromatic N) is 1. The second kappa shape index (κ2) is 6.27. The first-order valence-corrected chi connectivity index (χ1v) is 5.47. The van der Waals surface area contributed by atoms with Crippen molar-refractivity contribution in [3.05, 3.63) is 0 Å². The Labute approximate surface area is 90.2 Å². The molecule has 1 aliphatic rings. The van der Waals surface area contributed by atoms with Crippen LogP contribution in [0.15, 0.2) is 0 Å². The molecule has 1 rings (SSSR count). The maximum Gasteiger partial charge on any atom is 0.317 e. The fourth-order valence-corrected chi connectivity index (χ4v) is 1.62. The Morgan fingerprint density at radius 1 is 1.20 bits per heavy atom. The summed E-state index contributed by atoms with van der Waals surface area (Å²) in [6.45, 7) is 2.09. The lowest BCUT2D eigenvalue weighted by molar-refractivity contribution is -0.120. The highest BCUT2D eigenvalue weighted by Gasteiger charge is 2.15. The van der Waals surface area contributed by atoms with Gasteiger partial charge in [-0.2, -0.15) is 0 Å². The molecule has 1 fully saturated rings. The maximum atomic E-state index is 11.6. The molecule has 0 bridgehead atoms. The highest BCUT2D eigenvalue weighted by molar-refractivity contribution is 5.78. The third-order valence-corrected chi connectivity index (χ3v) is 2.55. The van der Waals surface area contributed by atoms with Crippen LogP contribution in [0.2, 0.25) is 0 Å². The first-order chi connectivity index (χ1) is 7.24. The number of carbonyl (C=O) groups excluding carboxylic acids is 2. The van der Waals surface area contributed by atoms with Gasteiger partial charge in [0.25, 0.3) is 0 Å². The Bertz CT molecular complexity index is 225. The van der Waals surface area contributed by atoms with Crippen LogP contribution in [0.4, 0.5) is 4.79 Å². The van der Waals surface area contributed by atoms with Gasteiger partial charge in [-0.05, 0) is 19.3 Å². The van der Waals surface area contributed by atoms with E-state index >= 15 is 0 Å². The van der Waals surface area contributed by atoms with Gasteiger partial charge in [-0.3, -0.25) is 4.79 Å². The Morgan fingerprint density at radius 3 is 2.47 bits per heavy atom. The molecule has 0 spiro atoms. The smallest absolute Gasteiger partial charge is 0.317 e. The van der Waals surface area contributed by atoms with Gasteiger partial charge in [0.2, 0.25) is 5.91 Å². The Morgan fingerprint density at radius 2 is 1.87 bits per heavy atom. The summed E-state index contributed by atoms with van der Waals surface area (Å²) in [7, 11) is 1.59. The molecule has 86 valence electrons. The van der Waals surface area contributed by atoms with Crippen molar-refractivity contribution in [2.45, 2.75) is 25.7 Å². The lowest BCUT2D eigenvalue weighted by atomic mass is 10.1. The SMILES string of the molecule is CNC(=O)CCNC(=O)N1CCCCC1. The van der Waals surface area contributed by atoms with Gasteiger partial charge in [0.15, 0.2) is 0 Å². The van der Waals surface area contributed by atoms with Crippen LogP contribution < -0.4 is 10.6 Å². The van der Waals surface area contributed by atoms with Crippen molar-refractivity contribution in [1.29, 1.82) is 0 Å². The number of amides is 3. The molecular weight excluding hydrogens is 194 g/mol. The zero-order valence-corrected chi connectivity index (χ0v) is 9.21. The molecule has 1 heterocycles. The third-order valence-electron chi connectivity index (χ3n) is 2.55. The molecule has 0 radical (unpaired) electrons. The number of rotatable bonds is 3. The first kappa shape index (κ1) is 11.8. The summed E-state index contributed by atoms with van der Waals surface area (Å²) in [5, 5.41) is 5.26. The maximum absolute atomic E-state index is 11.6. The van der Waals surface area contributed by atoms with Crippen LogP contribution in [-0.4, -0.2) is 43.5 Å². The van der Waals surface area contributed by atoms with E-state index in [1.807, 2.05) is 4.90 Å². The monoisotopic (exact) mass is 213 g/mol. The molecule has 0 atom stereocenters. The number of hydrogen-bond acceptors (Lipinski definition) is 2. The quantitative estimate of drug-likeness (QED) is 0.709. The van der Waals surface area contributed by atoms with Gasteiger partial charge in [0, 0.05) is 33.1 Å². The first-order valence-electron chi connectivity index (χ1n) is 5.47.